The molecule has 0 fully saturated rings. The Bertz CT molecular complexity index is 493. The standard InChI is InChI=1S/C20H33P/c1-11-21-17-15(19(5,6)7)12-14(18(2,3)4)13-16(17)20(8,9)10/h11-13H,1-10H3. The summed E-state index contributed by atoms with van der Waals surface area (Å²) in [6.07, 6.45) is 0. The largest absolute Gasteiger partial charge is 0.0725 e. The van der Waals surface area contributed by atoms with Gasteiger partial charge in [-0.2, -0.15) is 0 Å². The number of benzene rings is 1. The van der Waals surface area contributed by atoms with Crippen LogP contribution in [0.2, 0.25) is 0 Å². The summed E-state index contributed by atoms with van der Waals surface area (Å²) >= 11 is 0. The zero-order valence-electron chi connectivity index (χ0n) is 15.7. The molecule has 1 aromatic rings. The van der Waals surface area contributed by atoms with Crippen molar-refractivity contribution >= 4 is 19.3 Å². The Morgan fingerprint density at radius 1 is 0.714 bits per heavy atom. The summed E-state index contributed by atoms with van der Waals surface area (Å²) in [5, 5.41) is 1.51. The molecule has 0 heterocycles. The maximum absolute atomic E-state index is 2.45. The first kappa shape index (κ1) is 18.4. The second kappa shape index (κ2) is 5.88. The van der Waals surface area contributed by atoms with Gasteiger partial charge in [-0.25, -0.2) is 0 Å². The highest BCUT2D eigenvalue weighted by Crippen LogP contribution is 2.35. The molecule has 0 amide bonds. The topological polar surface area (TPSA) is 0 Å². The van der Waals surface area contributed by atoms with Crippen LogP contribution in [0.1, 0.15) is 85.9 Å². The quantitative estimate of drug-likeness (QED) is 0.560. The van der Waals surface area contributed by atoms with Crippen LogP contribution in [0.5, 0.6) is 0 Å². The molecule has 0 saturated carbocycles. The Kier molecular flexibility index (Phi) is 5.16. The molecule has 0 spiro atoms. The van der Waals surface area contributed by atoms with Gasteiger partial charge >= 0.3 is 0 Å². The molecule has 1 aromatic carbocycles. The Balaban J connectivity index is 3.84. The molecule has 0 saturated heterocycles. The third-order valence-corrected chi connectivity index (χ3v) is 4.85. The predicted molar refractivity (Wildman–Crippen MR) is 101 cm³/mol. The average molecular weight is 304 g/mol. The van der Waals surface area contributed by atoms with E-state index >= 15 is 0 Å². The first-order valence-corrected chi connectivity index (χ1v) is 8.93. The van der Waals surface area contributed by atoms with Crippen molar-refractivity contribution in [2.24, 2.45) is 0 Å². The molecular formula is C20H33P. The maximum atomic E-state index is 2.45. The van der Waals surface area contributed by atoms with Gasteiger partial charge in [-0.3, -0.25) is 0 Å². The lowest BCUT2D eigenvalue weighted by atomic mass is 9.75. The van der Waals surface area contributed by atoms with Crippen LogP contribution >= 0.6 is 8.20 Å². The molecule has 0 radical (unpaired) electrons. The summed E-state index contributed by atoms with van der Waals surface area (Å²) in [5.41, 5.74) is 4.98. The van der Waals surface area contributed by atoms with Crippen LogP contribution in [-0.4, -0.2) is 5.80 Å². The first-order chi connectivity index (χ1) is 9.28. The van der Waals surface area contributed by atoms with Gasteiger partial charge in [0.25, 0.3) is 0 Å². The minimum atomic E-state index is 0.173. The Labute approximate surface area is 134 Å². The highest BCUT2D eigenvalue weighted by molar-refractivity contribution is 7.47. The molecule has 0 aliphatic heterocycles. The van der Waals surface area contributed by atoms with Crippen LogP contribution in [0.3, 0.4) is 0 Å². The van der Waals surface area contributed by atoms with Gasteiger partial charge in [0.2, 0.25) is 0 Å². The lowest BCUT2D eigenvalue weighted by molar-refractivity contribution is 0.554. The minimum Gasteiger partial charge on any atom is -0.0725 e. The highest BCUT2D eigenvalue weighted by atomic mass is 31.1. The van der Waals surface area contributed by atoms with Crippen molar-refractivity contribution in [3.63, 3.8) is 0 Å². The lowest BCUT2D eigenvalue weighted by Gasteiger charge is -2.32. The fourth-order valence-electron chi connectivity index (χ4n) is 2.48. The zero-order valence-corrected chi connectivity index (χ0v) is 16.6. The summed E-state index contributed by atoms with van der Waals surface area (Å²) in [6, 6.07) is 4.89. The van der Waals surface area contributed by atoms with Gasteiger partial charge in [0, 0.05) is 5.30 Å². The minimum absolute atomic E-state index is 0.173. The van der Waals surface area contributed by atoms with E-state index in [0.29, 0.717) is 0 Å². The fraction of sp³-hybridized carbons (Fsp3) is 0.650. The van der Waals surface area contributed by atoms with Crippen LogP contribution in [0, 0.1) is 0 Å². The second-order valence-corrected chi connectivity index (χ2v) is 10.3. The van der Waals surface area contributed by atoms with E-state index < -0.39 is 0 Å². The second-order valence-electron chi connectivity index (χ2n) is 9.06. The summed E-state index contributed by atoms with van der Waals surface area (Å²) < 4.78 is 0. The van der Waals surface area contributed by atoms with Gasteiger partial charge < -0.3 is 0 Å². The molecule has 0 bridgehead atoms. The SMILES string of the molecule is CC=Pc1c(C(C)(C)C)cc(C(C)(C)C)cc1C(C)(C)C. The number of hydrogen-bond donors (Lipinski definition) is 0. The van der Waals surface area contributed by atoms with E-state index in [2.05, 4.69) is 87.2 Å². The molecule has 0 aliphatic carbocycles. The molecule has 1 heteroatoms. The number of rotatable bonds is 1. The van der Waals surface area contributed by atoms with Gasteiger partial charge in [0.05, 0.1) is 0 Å². The summed E-state index contributed by atoms with van der Waals surface area (Å²) in [5.74, 6) is 2.26. The average Bonchev–Trinajstić information content (AvgIpc) is 2.24. The van der Waals surface area contributed by atoms with Crippen LogP contribution in [0.25, 0.3) is 0 Å². The smallest absolute Gasteiger partial charge is 0.00895 e. The van der Waals surface area contributed by atoms with Crippen molar-refractivity contribution in [3.05, 3.63) is 28.8 Å². The third-order valence-electron chi connectivity index (χ3n) is 3.85. The van der Waals surface area contributed by atoms with Gasteiger partial charge in [0.1, 0.15) is 0 Å². The molecular weight excluding hydrogens is 271 g/mol. The molecule has 0 unspecified atom stereocenters. The van der Waals surface area contributed by atoms with E-state index in [4.69, 9.17) is 0 Å². The van der Waals surface area contributed by atoms with Crippen molar-refractivity contribution in [2.45, 2.75) is 85.5 Å². The Morgan fingerprint density at radius 2 is 1.10 bits per heavy atom. The molecule has 0 atom stereocenters. The predicted octanol–water partition coefficient (Wildman–Crippen LogP) is 5.97. The van der Waals surface area contributed by atoms with E-state index in [0.717, 1.165) is 0 Å². The van der Waals surface area contributed by atoms with Gasteiger partial charge in [-0.15, -0.1) is 0 Å². The van der Waals surface area contributed by atoms with E-state index in [9.17, 15) is 0 Å². The van der Waals surface area contributed by atoms with Gasteiger partial charge in [-0.1, -0.05) is 88.4 Å². The lowest BCUT2D eigenvalue weighted by Crippen LogP contribution is -2.29. The Morgan fingerprint density at radius 3 is 1.33 bits per heavy atom. The van der Waals surface area contributed by atoms with Crippen molar-refractivity contribution in [3.8, 4) is 0 Å². The van der Waals surface area contributed by atoms with E-state index in [1.54, 1.807) is 0 Å². The zero-order chi connectivity index (χ0) is 16.6. The monoisotopic (exact) mass is 304 g/mol. The molecule has 0 N–H and O–H groups in total. The molecule has 0 nitrogen and oxygen atoms in total. The highest BCUT2D eigenvalue weighted by Gasteiger charge is 2.28. The number of hydrogen-bond acceptors (Lipinski definition) is 0. The van der Waals surface area contributed by atoms with Gasteiger partial charge in [0.15, 0.2) is 0 Å². The van der Waals surface area contributed by atoms with E-state index in [1.165, 1.54) is 30.2 Å². The Hall–Kier alpha value is -0.610. The van der Waals surface area contributed by atoms with Crippen molar-refractivity contribution in [1.29, 1.82) is 0 Å². The maximum Gasteiger partial charge on any atom is 0.00895 e. The third kappa shape index (κ3) is 4.43. The molecule has 0 aliphatic rings. The first-order valence-electron chi connectivity index (χ1n) is 7.96. The van der Waals surface area contributed by atoms with Crippen molar-refractivity contribution in [1.82, 2.24) is 0 Å². The van der Waals surface area contributed by atoms with Crippen LogP contribution in [0.15, 0.2) is 12.1 Å². The summed E-state index contributed by atoms with van der Waals surface area (Å²) in [7, 11) is 1.33. The molecule has 0 aromatic heterocycles. The van der Waals surface area contributed by atoms with Crippen LogP contribution in [-0.2, 0) is 16.2 Å². The van der Waals surface area contributed by atoms with Crippen molar-refractivity contribution in [2.75, 3.05) is 0 Å². The normalized spacial score (nSPS) is 14.0. The van der Waals surface area contributed by atoms with E-state index in [-0.39, 0.29) is 16.2 Å². The van der Waals surface area contributed by atoms with Crippen LogP contribution in [0.4, 0.5) is 0 Å². The van der Waals surface area contributed by atoms with Crippen LogP contribution < -0.4 is 5.30 Å². The summed E-state index contributed by atoms with van der Waals surface area (Å²) in [6.45, 7) is 23.1. The van der Waals surface area contributed by atoms with Crippen molar-refractivity contribution < 1.29 is 0 Å². The fourth-order valence-corrected chi connectivity index (χ4v) is 3.82. The summed E-state index contributed by atoms with van der Waals surface area (Å²) in [4.78, 5) is 0. The molecule has 1 rings (SSSR count). The molecule has 118 valence electrons. The molecule has 21 heavy (non-hydrogen) atoms. The van der Waals surface area contributed by atoms with Gasteiger partial charge in [-0.05, 0) is 39.9 Å². The van der Waals surface area contributed by atoms with E-state index in [1.807, 2.05) is 0 Å².